The zero-order valence-corrected chi connectivity index (χ0v) is 14.5. The van der Waals surface area contributed by atoms with Crippen LogP contribution in [0.1, 0.15) is 5.56 Å². The predicted octanol–water partition coefficient (Wildman–Crippen LogP) is 6.36. The molecule has 0 amide bonds. The highest BCUT2D eigenvalue weighted by molar-refractivity contribution is 8.45. The van der Waals surface area contributed by atoms with Gasteiger partial charge in [0.15, 0.2) is 0 Å². The van der Waals surface area contributed by atoms with Crippen molar-refractivity contribution in [2.45, 2.75) is 11.4 Å². The van der Waals surface area contributed by atoms with Crippen molar-refractivity contribution in [3.8, 4) is 11.3 Å². The molecular weight excluding hydrogens is 373 g/mol. The molecule has 3 nitrogen and oxygen atoms in total. The highest BCUT2D eigenvalue weighted by Gasteiger charge is 2.65. The lowest BCUT2D eigenvalue weighted by Gasteiger charge is -2.40. The van der Waals surface area contributed by atoms with Gasteiger partial charge in [0.25, 0.3) is 0 Å². The smallest absolute Gasteiger partial charge is 0.310 e. The Balaban J connectivity index is 1.79. The quantitative estimate of drug-likeness (QED) is 0.515. The Hall–Kier alpha value is -2.55. The van der Waals surface area contributed by atoms with Gasteiger partial charge in [-0.3, -0.25) is 4.68 Å². The normalized spacial score (nSPS) is 14.5. The molecule has 0 unspecified atom stereocenters. The molecule has 0 atom stereocenters. The number of aromatic nitrogens is 2. The number of aryl methyl sites for hydroxylation is 1. The fraction of sp³-hybridized carbons (Fsp3) is 0.118. The minimum absolute atomic E-state index is 0.286. The molecule has 9 heteroatoms. The summed E-state index contributed by atoms with van der Waals surface area (Å²) in [6.45, 7) is 0.286. The average molecular weight is 389 g/mol. The molecule has 3 rings (SSSR count). The molecule has 0 spiro atoms. The number of halogens is 5. The van der Waals surface area contributed by atoms with E-state index in [1.807, 2.05) is 30.3 Å². The van der Waals surface area contributed by atoms with Crippen LogP contribution in [0.5, 0.6) is 0 Å². The maximum absolute atomic E-state index is 12.7. The number of hydrogen-bond donors (Lipinski definition) is 1. The number of anilines is 1. The van der Waals surface area contributed by atoms with Crippen LogP contribution in [-0.2, 0) is 13.6 Å². The topological polar surface area (TPSA) is 29.9 Å². The van der Waals surface area contributed by atoms with Gasteiger partial charge in [-0.1, -0.05) is 49.8 Å². The first-order chi connectivity index (χ1) is 11.9. The third-order valence-corrected chi connectivity index (χ3v) is 4.90. The lowest BCUT2D eigenvalue weighted by atomic mass is 10.1. The van der Waals surface area contributed by atoms with Crippen molar-refractivity contribution in [3.05, 3.63) is 66.4 Å². The molecule has 2 aromatic carbocycles. The second-order valence-electron chi connectivity index (χ2n) is 5.89. The molecule has 140 valence electrons. The Morgan fingerprint density at radius 1 is 0.923 bits per heavy atom. The first kappa shape index (κ1) is 18.2. The Labute approximate surface area is 147 Å². The summed E-state index contributed by atoms with van der Waals surface area (Å²) in [5, 5.41) is 7.33. The molecule has 0 bridgehead atoms. The van der Waals surface area contributed by atoms with Gasteiger partial charge in [0, 0.05) is 36.6 Å². The third kappa shape index (κ3) is 4.16. The summed E-state index contributed by atoms with van der Waals surface area (Å²) in [5.41, 5.74) is 2.78. The second kappa shape index (κ2) is 5.47. The van der Waals surface area contributed by atoms with Gasteiger partial charge in [-0.15, -0.1) is 0 Å². The van der Waals surface area contributed by atoms with Gasteiger partial charge in [0.1, 0.15) is 4.90 Å². The van der Waals surface area contributed by atoms with Crippen LogP contribution in [0.2, 0.25) is 0 Å². The van der Waals surface area contributed by atoms with Crippen LogP contribution < -0.4 is 5.32 Å². The number of hydrogen-bond acceptors (Lipinski definition) is 2. The summed E-state index contributed by atoms with van der Waals surface area (Å²) in [7, 11) is -7.88. The van der Waals surface area contributed by atoms with Crippen LogP contribution in [0, 0.1) is 0 Å². The van der Waals surface area contributed by atoms with Gasteiger partial charge in [-0.25, -0.2) is 0 Å². The van der Waals surface area contributed by atoms with Crippen LogP contribution in [0.25, 0.3) is 11.3 Å². The van der Waals surface area contributed by atoms with E-state index in [0.29, 0.717) is 17.8 Å². The summed E-state index contributed by atoms with van der Waals surface area (Å²) in [6, 6.07) is 12.2. The van der Waals surface area contributed by atoms with Crippen LogP contribution in [0.4, 0.5) is 25.1 Å². The largest absolute Gasteiger partial charge is 0.381 e. The lowest BCUT2D eigenvalue weighted by molar-refractivity contribution is 0.364. The van der Waals surface area contributed by atoms with Crippen LogP contribution in [0.15, 0.2) is 65.7 Å². The van der Waals surface area contributed by atoms with E-state index >= 15 is 0 Å². The fourth-order valence-corrected chi connectivity index (χ4v) is 3.18. The lowest BCUT2D eigenvalue weighted by Crippen LogP contribution is -2.06. The molecule has 0 aliphatic heterocycles. The molecular formula is C17H16F5N3S. The van der Waals surface area contributed by atoms with Crippen molar-refractivity contribution in [1.82, 2.24) is 9.78 Å². The molecule has 3 aromatic rings. The van der Waals surface area contributed by atoms with E-state index in [9.17, 15) is 19.4 Å². The molecule has 0 saturated carbocycles. The SMILES string of the molecule is Cn1cc(CNc2ccc(S(F)(F)(F)(F)F)cc2)c(-c2ccccc2)n1. The highest BCUT2D eigenvalue weighted by Crippen LogP contribution is 3.02. The summed E-state index contributed by atoms with van der Waals surface area (Å²) in [4.78, 5) is -1.90. The number of benzene rings is 2. The molecule has 0 radical (unpaired) electrons. The summed E-state index contributed by atoms with van der Waals surface area (Å²) in [5.74, 6) is 0. The predicted molar refractivity (Wildman–Crippen MR) is 93.8 cm³/mol. The monoisotopic (exact) mass is 389 g/mol. The van der Waals surface area contributed by atoms with Crippen LogP contribution in [0.3, 0.4) is 0 Å². The van der Waals surface area contributed by atoms with Gasteiger partial charge in [0.2, 0.25) is 0 Å². The Kier molecular flexibility index (Phi) is 3.84. The molecule has 1 N–H and O–H groups in total. The van der Waals surface area contributed by atoms with Crippen molar-refractivity contribution >= 4 is 15.9 Å². The summed E-state index contributed by atoms with van der Waals surface area (Å²) >= 11 is 0. The van der Waals surface area contributed by atoms with Crippen molar-refractivity contribution in [2.24, 2.45) is 7.05 Å². The van der Waals surface area contributed by atoms with E-state index < -0.39 is 15.1 Å². The van der Waals surface area contributed by atoms with Crippen molar-refractivity contribution in [1.29, 1.82) is 0 Å². The maximum atomic E-state index is 12.7. The first-order valence-electron chi connectivity index (χ1n) is 7.58. The minimum atomic E-state index is -9.64. The van der Waals surface area contributed by atoms with Gasteiger partial charge in [0.05, 0.1) is 5.69 Å². The standard InChI is InChI=1S/C17H16F5N3S/c1-25-12-14(17(24-25)13-5-3-2-4-6-13)11-23-15-7-9-16(10-8-15)26(18,19,20,21)22/h2-10,12,23H,11H2,1H3. The van der Waals surface area contributed by atoms with Crippen LogP contribution >= 0.6 is 10.2 Å². The van der Waals surface area contributed by atoms with E-state index in [2.05, 4.69) is 10.4 Å². The average Bonchev–Trinajstić information content (AvgIpc) is 2.93. The Morgan fingerprint density at radius 2 is 1.54 bits per heavy atom. The van der Waals surface area contributed by atoms with E-state index in [-0.39, 0.29) is 6.54 Å². The van der Waals surface area contributed by atoms with E-state index in [1.54, 1.807) is 17.9 Å². The number of nitrogens with one attached hydrogen (secondary N) is 1. The first-order valence-corrected chi connectivity index (χ1v) is 9.53. The molecule has 1 aromatic heterocycles. The maximum Gasteiger partial charge on any atom is 0.310 e. The Morgan fingerprint density at radius 3 is 2.12 bits per heavy atom. The molecule has 0 aliphatic rings. The summed E-state index contributed by atoms with van der Waals surface area (Å²) in [6.07, 6.45) is 1.79. The van der Waals surface area contributed by atoms with Crippen molar-refractivity contribution in [2.75, 3.05) is 5.32 Å². The Bertz CT molecular complexity index is 919. The van der Waals surface area contributed by atoms with Crippen molar-refractivity contribution in [3.63, 3.8) is 0 Å². The van der Waals surface area contributed by atoms with E-state index in [1.165, 1.54) is 0 Å². The van der Waals surface area contributed by atoms with Crippen molar-refractivity contribution < 1.29 is 19.4 Å². The van der Waals surface area contributed by atoms with E-state index in [4.69, 9.17) is 0 Å². The van der Waals surface area contributed by atoms with Gasteiger partial charge < -0.3 is 5.32 Å². The van der Waals surface area contributed by atoms with Gasteiger partial charge in [-0.2, -0.15) is 5.10 Å². The molecule has 0 aliphatic carbocycles. The molecule has 0 fully saturated rings. The van der Waals surface area contributed by atoms with Gasteiger partial charge >= 0.3 is 10.2 Å². The highest BCUT2D eigenvalue weighted by atomic mass is 32.5. The zero-order valence-electron chi connectivity index (χ0n) is 13.7. The zero-order chi connectivity index (χ0) is 19.1. The fourth-order valence-electron chi connectivity index (χ4n) is 2.53. The number of nitrogens with zero attached hydrogens (tertiary/aromatic N) is 2. The molecule has 26 heavy (non-hydrogen) atoms. The van der Waals surface area contributed by atoms with Crippen LogP contribution in [-0.4, -0.2) is 9.78 Å². The number of rotatable bonds is 5. The van der Waals surface area contributed by atoms with E-state index in [0.717, 1.165) is 29.0 Å². The molecule has 1 heterocycles. The molecule has 0 saturated heterocycles. The summed E-state index contributed by atoms with van der Waals surface area (Å²) < 4.78 is 65.3. The minimum Gasteiger partial charge on any atom is -0.381 e. The second-order valence-corrected chi connectivity index (χ2v) is 8.30. The third-order valence-electron chi connectivity index (χ3n) is 3.73. The van der Waals surface area contributed by atoms with Gasteiger partial charge in [-0.05, 0) is 24.3 Å².